The van der Waals surface area contributed by atoms with Gasteiger partial charge in [-0.05, 0) is 24.5 Å². The fourth-order valence-corrected chi connectivity index (χ4v) is 3.82. The second kappa shape index (κ2) is 5.22. The number of halogens is 1. The summed E-state index contributed by atoms with van der Waals surface area (Å²) in [4.78, 5) is 0. The van der Waals surface area contributed by atoms with Gasteiger partial charge in [0.1, 0.15) is 0 Å². The van der Waals surface area contributed by atoms with Crippen molar-refractivity contribution in [3.8, 4) is 0 Å². The molecule has 2 rings (SSSR count). The van der Waals surface area contributed by atoms with Crippen LogP contribution >= 0.6 is 27.7 Å². The smallest absolute Gasteiger partial charge is 0.0215 e. The molecule has 2 heteroatoms. The highest BCUT2D eigenvalue weighted by Gasteiger charge is 2.15. The Kier molecular flexibility index (Phi) is 3.94. The van der Waals surface area contributed by atoms with Gasteiger partial charge in [-0.3, -0.25) is 0 Å². The molecule has 0 radical (unpaired) electrons. The first-order valence-corrected chi connectivity index (χ1v) is 7.05. The maximum Gasteiger partial charge on any atom is 0.0215 e. The van der Waals surface area contributed by atoms with E-state index in [1.807, 2.05) is 0 Å². The van der Waals surface area contributed by atoms with Crippen molar-refractivity contribution in [3.63, 3.8) is 0 Å². The molecule has 0 unspecified atom stereocenters. The Morgan fingerprint density at radius 1 is 1.21 bits per heavy atom. The Morgan fingerprint density at radius 2 is 1.93 bits per heavy atom. The lowest BCUT2D eigenvalue weighted by Gasteiger charge is -2.09. The van der Waals surface area contributed by atoms with Gasteiger partial charge in [0.25, 0.3) is 0 Å². The third-order valence-corrected chi connectivity index (χ3v) is 4.93. The van der Waals surface area contributed by atoms with Gasteiger partial charge in [0.15, 0.2) is 0 Å². The second-order valence-electron chi connectivity index (χ2n) is 3.81. The summed E-state index contributed by atoms with van der Waals surface area (Å²) in [7, 11) is 0. The molecule has 0 N–H and O–H groups in total. The van der Waals surface area contributed by atoms with Gasteiger partial charge in [-0.25, -0.2) is 0 Å². The molecule has 1 fully saturated rings. The van der Waals surface area contributed by atoms with Crippen LogP contribution in [0.1, 0.15) is 31.2 Å². The van der Waals surface area contributed by atoms with Crippen molar-refractivity contribution in [2.24, 2.45) is 0 Å². The molecule has 1 aromatic carbocycles. The van der Waals surface area contributed by atoms with Crippen LogP contribution in [-0.2, 0) is 5.75 Å². The number of benzene rings is 1. The SMILES string of the molecule is Brc1ccccc1CSC1CCCC1. The highest BCUT2D eigenvalue weighted by atomic mass is 79.9. The lowest BCUT2D eigenvalue weighted by atomic mass is 10.2. The molecule has 1 saturated carbocycles. The molecule has 0 saturated heterocycles. The Balaban J connectivity index is 1.88. The molecular weight excluding hydrogens is 256 g/mol. The maximum atomic E-state index is 3.59. The summed E-state index contributed by atoms with van der Waals surface area (Å²) in [5.74, 6) is 1.16. The van der Waals surface area contributed by atoms with E-state index in [1.54, 1.807) is 0 Å². The molecule has 0 aliphatic heterocycles. The van der Waals surface area contributed by atoms with E-state index in [0.717, 1.165) is 11.0 Å². The lowest BCUT2D eigenvalue weighted by Crippen LogP contribution is -1.95. The summed E-state index contributed by atoms with van der Waals surface area (Å²) in [5.41, 5.74) is 1.43. The molecule has 0 spiro atoms. The van der Waals surface area contributed by atoms with Crippen LogP contribution in [0.4, 0.5) is 0 Å². The van der Waals surface area contributed by atoms with Gasteiger partial charge < -0.3 is 0 Å². The number of hydrogen-bond acceptors (Lipinski definition) is 1. The molecule has 1 aromatic rings. The second-order valence-corrected chi connectivity index (χ2v) is 5.95. The van der Waals surface area contributed by atoms with Gasteiger partial charge in [0.05, 0.1) is 0 Å². The van der Waals surface area contributed by atoms with Crippen molar-refractivity contribution < 1.29 is 0 Å². The topological polar surface area (TPSA) is 0 Å². The van der Waals surface area contributed by atoms with Crippen molar-refractivity contribution in [2.75, 3.05) is 0 Å². The summed E-state index contributed by atoms with van der Waals surface area (Å²) in [6.45, 7) is 0. The first-order chi connectivity index (χ1) is 6.86. The van der Waals surface area contributed by atoms with Crippen LogP contribution in [0.15, 0.2) is 28.7 Å². The predicted octanol–water partition coefficient (Wildman–Crippen LogP) is 4.62. The van der Waals surface area contributed by atoms with E-state index < -0.39 is 0 Å². The average Bonchev–Trinajstić information content (AvgIpc) is 2.69. The molecule has 1 aliphatic carbocycles. The van der Waals surface area contributed by atoms with E-state index in [9.17, 15) is 0 Å². The minimum Gasteiger partial charge on any atom is -0.154 e. The monoisotopic (exact) mass is 270 g/mol. The van der Waals surface area contributed by atoms with E-state index >= 15 is 0 Å². The largest absolute Gasteiger partial charge is 0.154 e. The van der Waals surface area contributed by atoms with Gasteiger partial charge in [0.2, 0.25) is 0 Å². The van der Waals surface area contributed by atoms with Crippen LogP contribution in [0.5, 0.6) is 0 Å². The number of thioether (sulfide) groups is 1. The van der Waals surface area contributed by atoms with Gasteiger partial charge in [0, 0.05) is 15.5 Å². The van der Waals surface area contributed by atoms with Gasteiger partial charge in [-0.15, -0.1) is 0 Å². The summed E-state index contributed by atoms with van der Waals surface area (Å²) in [6.07, 6.45) is 5.73. The van der Waals surface area contributed by atoms with E-state index in [2.05, 4.69) is 52.0 Å². The Hall–Kier alpha value is 0.0500. The minimum absolute atomic E-state index is 0.919. The van der Waals surface area contributed by atoms with E-state index in [1.165, 1.54) is 35.7 Å². The molecule has 0 aromatic heterocycles. The lowest BCUT2D eigenvalue weighted by molar-refractivity contribution is 0.886. The molecule has 0 heterocycles. The van der Waals surface area contributed by atoms with Crippen LogP contribution in [0.2, 0.25) is 0 Å². The third kappa shape index (κ3) is 2.77. The molecule has 0 bridgehead atoms. The summed E-state index contributed by atoms with van der Waals surface area (Å²) >= 11 is 5.71. The fraction of sp³-hybridized carbons (Fsp3) is 0.500. The highest BCUT2D eigenvalue weighted by Crippen LogP contribution is 2.32. The fourth-order valence-electron chi connectivity index (χ4n) is 1.88. The van der Waals surface area contributed by atoms with Gasteiger partial charge in [-0.1, -0.05) is 47.0 Å². The summed E-state index contributed by atoms with van der Waals surface area (Å²) in [5, 5.41) is 0.919. The molecule has 0 amide bonds. The van der Waals surface area contributed by atoms with Crippen molar-refractivity contribution in [1.29, 1.82) is 0 Å². The first kappa shape index (κ1) is 10.6. The standard InChI is InChI=1S/C12H15BrS/c13-12-8-4-1-5-10(12)9-14-11-6-2-3-7-11/h1,4-5,8,11H,2-3,6-7,9H2. The average molecular weight is 271 g/mol. The maximum absolute atomic E-state index is 3.59. The Labute approximate surface area is 98.6 Å². The van der Waals surface area contributed by atoms with Gasteiger partial charge >= 0.3 is 0 Å². The highest BCUT2D eigenvalue weighted by molar-refractivity contribution is 9.10. The zero-order chi connectivity index (χ0) is 9.80. The quantitative estimate of drug-likeness (QED) is 0.772. The van der Waals surface area contributed by atoms with Crippen molar-refractivity contribution in [3.05, 3.63) is 34.3 Å². The van der Waals surface area contributed by atoms with Gasteiger partial charge in [-0.2, -0.15) is 11.8 Å². The van der Waals surface area contributed by atoms with Crippen LogP contribution in [0.3, 0.4) is 0 Å². The number of hydrogen-bond donors (Lipinski definition) is 0. The van der Waals surface area contributed by atoms with Crippen LogP contribution in [0, 0.1) is 0 Å². The zero-order valence-corrected chi connectivity index (χ0v) is 10.6. The van der Waals surface area contributed by atoms with Crippen molar-refractivity contribution >= 4 is 27.7 Å². The minimum atomic E-state index is 0.919. The van der Waals surface area contributed by atoms with E-state index in [0.29, 0.717) is 0 Å². The van der Waals surface area contributed by atoms with Crippen LogP contribution in [-0.4, -0.2) is 5.25 Å². The van der Waals surface area contributed by atoms with Crippen LogP contribution in [0.25, 0.3) is 0 Å². The molecule has 0 atom stereocenters. The summed E-state index contributed by atoms with van der Waals surface area (Å²) in [6, 6.07) is 8.54. The summed E-state index contributed by atoms with van der Waals surface area (Å²) < 4.78 is 1.26. The zero-order valence-electron chi connectivity index (χ0n) is 8.21. The molecule has 1 aliphatic rings. The van der Waals surface area contributed by atoms with E-state index in [4.69, 9.17) is 0 Å². The molecule has 14 heavy (non-hydrogen) atoms. The van der Waals surface area contributed by atoms with Crippen molar-refractivity contribution in [1.82, 2.24) is 0 Å². The predicted molar refractivity (Wildman–Crippen MR) is 67.7 cm³/mol. The molecule has 76 valence electrons. The van der Waals surface area contributed by atoms with Crippen molar-refractivity contribution in [2.45, 2.75) is 36.7 Å². The Bertz CT molecular complexity index is 292. The normalized spacial score (nSPS) is 17.5. The van der Waals surface area contributed by atoms with E-state index in [-0.39, 0.29) is 0 Å². The molecule has 0 nitrogen and oxygen atoms in total. The third-order valence-electron chi connectivity index (χ3n) is 2.73. The Morgan fingerprint density at radius 3 is 2.64 bits per heavy atom. The van der Waals surface area contributed by atoms with Crippen LogP contribution < -0.4 is 0 Å². The number of rotatable bonds is 3. The first-order valence-electron chi connectivity index (χ1n) is 5.21. The molecular formula is C12H15BrS.